The topological polar surface area (TPSA) is 111 Å². The number of nitrogens with two attached hydrogens (primary N) is 1. The maximum absolute atomic E-state index is 9.22. The zero-order valence-corrected chi connectivity index (χ0v) is 15.4. The van der Waals surface area contributed by atoms with Crippen molar-refractivity contribution in [1.82, 2.24) is 19.4 Å². The molecule has 0 amide bonds. The number of hydrogen-bond acceptors (Lipinski definition) is 6. The summed E-state index contributed by atoms with van der Waals surface area (Å²) in [5, 5.41) is 18.1. The minimum absolute atomic E-state index is 0.0365. The summed E-state index contributed by atoms with van der Waals surface area (Å²) >= 11 is 0. The second-order valence-corrected chi connectivity index (χ2v) is 6.91. The van der Waals surface area contributed by atoms with E-state index in [1.165, 1.54) is 23.8 Å². The van der Waals surface area contributed by atoms with E-state index in [9.17, 15) is 5.26 Å². The Morgan fingerprint density at radius 3 is 2.77 bits per heavy atom. The molecule has 2 aromatic heterocycles. The van der Waals surface area contributed by atoms with E-state index in [1.807, 2.05) is 24.9 Å². The van der Waals surface area contributed by atoms with E-state index in [1.54, 1.807) is 6.20 Å². The van der Waals surface area contributed by atoms with E-state index in [2.05, 4.69) is 21.1 Å². The Hall–Kier alpha value is -2.66. The fraction of sp³-hybridized carbons (Fsp3) is 0.556. The van der Waals surface area contributed by atoms with Crippen molar-refractivity contribution in [2.75, 3.05) is 31.6 Å². The van der Waals surface area contributed by atoms with Gasteiger partial charge in [0, 0.05) is 25.2 Å². The standard InChI is InChI=1S/C18H26N8/c1-13-14-6-11-26(12-19)17(14)23-18(22-13)24(2)10-7-15(16(20)21)25-8-4-3-5-9-25/h6,11,15H,3-5,7-10H2,1-2H3,(H3,20,21). The van der Waals surface area contributed by atoms with E-state index in [4.69, 9.17) is 11.1 Å². The average molecular weight is 354 g/mol. The molecule has 138 valence electrons. The minimum Gasteiger partial charge on any atom is -0.386 e. The molecule has 1 aliphatic rings. The number of hydrogen-bond donors (Lipinski definition) is 2. The quantitative estimate of drug-likeness (QED) is 0.603. The van der Waals surface area contributed by atoms with Crippen LogP contribution in [0.15, 0.2) is 12.3 Å². The van der Waals surface area contributed by atoms with Crippen LogP contribution in [0.1, 0.15) is 31.4 Å². The van der Waals surface area contributed by atoms with Crippen LogP contribution in [0, 0.1) is 23.8 Å². The monoisotopic (exact) mass is 354 g/mol. The number of fused-ring (bicyclic) bond motifs is 1. The van der Waals surface area contributed by atoms with Gasteiger partial charge in [0.1, 0.15) is 5.84 Å². The van der Waals surface area contributed by atoms with E-state index >= 15 is 0 Å². The molecule has 2 aromatic rings. The summed E-state index contributed by atoms with van der Waals surface area (Å²) in [7, 11) is 1.94. The molecule has 0 aliphatic carbocycles. The average Bonchev–Trinajstić information content (AvgIpc) is 3.06. The van der Waals surface area contributed by atoms with Crippen LogP contribution in [0.25, 0.3) is 11.0 Å². The van der Waals surface area contributed by atoms with Gasteiger partial charge in [-0.1, -0.05) is 6.42 Å². The number of likely N-dealkylation sites (tertiary alicyclic amines) is 1. The van der Waals surface area contributed by atoms with Gasteiger partial charge in [-0.15, -0.1) is 0 Å². The summed E-state index contributed by atoms with van der Waals surface area (Å²) in [5.41, 5.74) is 7.35. The van der Waals surface area contributed by atoms with Crippen LogP contribution in [-0.2, 0) is 0 Å². The smallest absolute Gasteiger partial charge is 0.227 e. The van der Waals surface area contributed by atoms with Crippen LogP contribution in [0.5, 0.6) is 0 Å². The van der Waals surface area contributed by atoms with Crippen molar-refractivity contribution in [3.05, 3.63) is 18.0 Å². The van der Waals surface area contributed by atoms with E-state index in [0.29, 0.717) is 18.1 Å². The number of piperidine rings is 1. The first-order valence-electron chi connectivity index (χ1n) is 9.06. The Bertz CT molecular complexity index is 828. The molecule has 1 saturated heterocycles. The molecular weight excluding hydrogens is 328 g/mol. The van der Waals surface area contributed by atoms with Crippen LogP contribution < -0.4 is 10.6 Å². The lowest BCUT2D eigenvalue weighted by molar-refractivity contribution is 0.194. The lowest BCUT2D eigenvalue weighted by atomic mass is 10.1. The molecule has 3 rings (SSSR count). The molecule has 0 radical (unpaired) electrons. The molecule has 1 fully saturated rings. The number of nitriles is 1. The van der Waals surface area contributed by atoms with E-state index in [-0.39, 0.29) is 11.9 Å². The number of aryl methyl sites for hydroxylation is 1. The van der Waals surface area contributed by atoms with E-state index < -0.39 is 0 Å². The van der Waals surface area contributed by atoms with Gasteiger partial charge >= 0.3 is 0 Å². The molecule has 0 saturated carbocycles. The Labute approximate surface area is 153 Å². The normalized spacial score (nSPS) is 16.3. The number of nitrogens with zero attached hydrogens (tertiary/aromatic N) is 6. The number of nitrogens with one attached hydrogen (secondary N) is 1. The van der Waals surface area contributed by atoms with Gasteiger partial charge in [0.15, 0.2) is 11.8 Å². The molecule has 8 nitrogen and oxygen atoms in total. The zero-order valence-electron chi connectivity index (χ0n) is 15.4. The zero-order chi connectivity index (χ0) is 18.7. The molecule has 1 atom stereocenters. The van der Waals surface area contributed by atoms with Crippen molar-refractivity contribution in [1.29, 1.82) is 10.7 Å². The summed E-state index contributed by atoms with van der Waals surface area (Å²) in [6.45, 7) is 4.63. The van der Waals surface area contributed by atoms with Gasteiger partial charge < -0.3 is 10.6 Å². The first-order valence-corrected chi connectivity index (χ1v) is 9.06. The molecule has 1 aliphatic heterocycles. The fourth-order valence-corrected chi connectivity index (χ4v) is 3.58. The fourth-order valence-electron chi connectivity index (χ4n) is 3.58. The second kappa shape index (κ2) is 7.70. The van der Waals surface area contributed by atoms with Crippen molar-refractivity contribution in [2.24, 2.45) is 5.73 Å². The highest BCUT2D eigenvalue weighted by Crippen LogP contribution is 2.20. The number of rotatable bonds is 6. The number of amidine groups is 1. The minimum atomic E-state index is -0.0365. The van der Waals surface area contributed by atoms with Gasteiger partial charge in [0.05, 0.1) is 11.7 Å². The van der Waals surface area contributed by atoms with Gasteiger partial charge in [-0.3, -0.25) is 10.3 Å². The summed E-state index contributed by atoms with van der Waals surface area (Å²) in [5.74, 6) is 0.817. The first-order chi connectivity index (χ1) is 12.5. The Morgan fingerprint density at radius 1 is 1.38 bits per heavy atom. The van der Waals surface area contributed by atoms with Gasteiger partial charge in [0.25, 0.3) is 0 Å². The molecule has 0 bridgehead atoms. The van der Waals surface area contributed by atoms with Crippen LogP contribution in [-0.4, -0.2) is 58.0 Å². The summed E-state index contributed by atoms with van der Waals surface area (Å²) in [4.78, 5) is 13.4. The maximum atomic E-state index is 9.22. The Morgan fingerprint density at radius 2 is 2.12 bits per heavy atom. The van der Waals surface area contributed by atoms with Gasteiger partial charge in [0.2, 0.25) is 5.95 Å². The van der Waals surface area contributed by atoms with Crippen LogP contribution in [0.4, 0.5) is 5.95 Å². The van der Waals surface area contributed by atoms with Crippen LogP contribution >= 0.6 is 0 Å². The highest BCUT2D eigenvalue weighted by atomic mass is 15.3. The molecule has 3 heterocycles. The third-order valence-electron chi connectivity index (χ3n) is 5.10. The number of aromatic nitrogens is 3. The van der Waals surface area contributed by atoms with Crippen molar-refractivity contribution >= 4 is 22.8 Å². The van der Waals surface area contributed by atoms with Gasteiger partial charge in [-0.2, -0.15) is 10.2 Å². The maximum Gasteiger partial charge on any atom is 0.227 e. The van der Waals surface area contributed by atoms with Crippen LogP contribution in [0.3, 0.4) is 0 Å². The van der Waals surface area contributed by atoms with E-state index in [0.717, 1.165) is 30.6 Å². The van der Waals surface area contributed by atoms with Crippen molar-refractivity contribution in [2.45, 2.75) is 38.6 Å². The lowest BCUT2D eigenvalue weighted by Gasteiger charge is -2.34. The highest BCUT2D eigenvalue weighted by molar-refractivity contribution is 5.83. The molecular formula is C18H26N8. The van der Waals surface area contributed by atoms with Gasteiger partial charge in [-0.05, 0) is 45.3 Å². The molecule has 0 aromatic carbocycles. The lowest BCUT2D eigenvalue weighted by Crippen LogP contribution is -2.48. The SMILES string of the molecule is Cc1nc(N(C)CCC(C(=N)N)N2CCCCC2)nc2c1ccn2C#N. The van der Waals surface area contributed by atoms with Crippen molar-refractivity contribution in [3.63, 3.8) is 0 Å². The van der Waals surface area contributed by atoms with Crippen LogP contribution in [0.2, 0.25) is 0 Å². The largest absolute Gasteiger partial charge is 0.386 e. The third kappa shape index (κ3) is 3.63. The molecule has 8 heteroatoms. The Balaban J connectivity index is 1.74. The molecule has 26 heavy (non-hydrogen) atoms. The molecule has 3 N–H and O–H groups in total. The van der Waals surface area contributed by atoms with Gasteiger partial charge in [-0.25, -0.2) is 9.55 Å². The Kier molecular flexibility index (Phi) is 5.38. The summed E-state index contributed by atoms with van der Waals surface area (Å²) in [6, 6.07) is 1.82. The van der Waals surface area contributed by atoms with Crippen molar-refractivity contribution in [3.8, 4) is 6.19 Å². The predicted molar refractivity (Wildman–Crippen MR) is 102 cm³/mol. The first kappa shape index (κ1) is 18.1. The summed E-state index contributed by atoms with van der Waals surface area (Å²) < 4.78 is 1.45. The summed E-state index contributed by atoms with van der Waals surface area (Å²) in [6.07, 6.45) is 8.17. The second-order valence-electron chi connectivity index (χ2n) is 6.91. The predicted octanol–water partition coefficient (Wildman–Crippen LogP) is 1.69. The molecule has 0 spiro atoms. The highest BCUT2D eigenvalue weighted by Gasteiger charge is 2.23. The van der Waals surface area contributed by atoms with Crippen molar-refractivity contribution < 1.29 is 0 Å². The third-order valence-corrected chi connectivity index (χ3v) is 5.10. The molecule has 1 unspecified atom stereocenters. The number of anilines is 1.